The Balaban J connectivity index is 1.46. The first-order chi connectivity index (χ1) is 17.8. The SMILES string of the molecule is Cc1ccc(C(=C2[C@H]3C=C[C@H]2[C@H]2C(=O)N(c4ccc(Cl)c([N+](=O)[O-])c4)C(=O)[C@H]23)c2ccc(C)cc2)cc1. The van der Waals surface area contributed by atoms with Crippen LogP contribution in [0.15, 0.2) is 84.5 Å². The summed E-state index contributed by atoms with van der Waals surface area (Å²) in [7, 11) is 0. The van der Waals surface area contributed by atoms with E-state index in [0.717, 1.165) is 38.3 Å². The van der Waals surface area contributed by atoms with Crippen LogP contribution in [0.5, 0.6) is 0 Å². The Hall–Kier alpha value is -4.03. The third-order valence-corrected chi connectivity index (χ3v) is 8.09. The lowest BCUT2D eigenvalue weighted by atomic mass is 9.85. The first-order valence-corrected chi connectivity index (χ1v) is 12.5. The minimum absolute atomic E-state index is 0.0409. The molecule has 3 aromatic rings. The van der Waals surface area contributed by atoms with Gasteiger partial charge in [-0.25, -0.2) is 4.90 Å². The summed E-state index contributed by atoms with van der Waals surface area (Å²) in [6.07, 6.45) is 4.09. The molecule has 6 nitrogen and oxygen atoms in total. The average Bonchev–Trinajstić information content (AvgIpc) is 3.51. The number of halogens is 1. The second-order valence-electron chi connectivity index (χ2n) is 9.96. The highest BCUT2D eigenvalue weighted by molar-refractivity contribution is 6.33. The number of fused-ring (bicyclic) bond motifs is 5. The number of hydrogen-bond donors (Lipinski definition) is 0. The molecule has 0 radical (unpaired) electrons. The number of carbonyl (C=O) groups excluding carboxylic acids is 2. The monoisotopic (exact) mass is 510 g/mol. The van der Waals surface area contributed by atoms with Gasteiger partial charge in [0.25, 0.3) is 5.69 Å². The number of nitro benzene ring substituents is 1. The molecule has 184 valence electrons. The number of nitro groups is 1. The van der Waals surface area contributed by atoms with Gasteiger partial charge >= 0.3 is 0 Å². The predicted molar refractivity (Wildman–Crippen MR) is 142 cm³/mol. The van der Waals surface area contributed by atoms with Gasteiger partial charge in [-0.15, -0.1) is 0 Å². The van der Waals surface area contributed by atoms with Crippen molar-refractivity contribution in [3.05, 3.63) is 122 Å². The van der Waals surface area contributed by atoms with Crippen LogP contribution in [-0.2, 0) is 9.59 Å². The van der Waals surface area contributed by atoms with E-state index in [4.69, 9.17) is 11.6 Å². The molecule has 2 bridgehead atoms. The van der Waals surface area contributed by atoms with Gasteiger partial charge in [-0.1, -0.05) is 83.4 Å². The lowest BCUT2D eigenvalue weighted by Gasteiger charge is -2.22. The van der Waals surface area contributed by atoms with E-state index in [-0.39, 0.29) is 40.0 Å². The number of aryl methyl sites for hydroxylation is 2. The number of rotatable bonds is 4. The van der Waals surface area contributed by atoms with Gasteiger partial charge in [0, 0.05) is 17.9 Å². The molecule has 0 aromatic heterocycles. The standard InChI is InChI=1S/C30H23ClN2O4/c1-16-3-7-18(8-4-16)25(19-9-5-17(2)6-10-19)26-21-12-13-22(26)28-27(21)29(34)32(30(28)35)20-11-14-23(31)24(15-20)33(36)37/h3-15,21-22,27-28H,1-2H3/t21-,22-,27-,28+/m1/s1. The van der Waals surface area contributed by atoms with E-state index in [1.54, 1.807) is 0 Å². The Morgan fingerprint density at radius 2 is 1.30 bits per heavy atom. The summed E-state index contributed by atoms with van der Waals surface area (Å²) >= 11 is 5.97. The highest BCUT2D eigenvalue weighted by Gasteiger charge is 2.62. The zero-order chi connectivity index (χ0) is 26.0. The van der Waals surface area contributed by atoms with Crippen molar-refractivity contribution in [3.8, 4) is 0 Å². The lowest BCUT2D eigenvalue weighted by molar-refractivity contribution is -0.384. The Morgan fingerprint density at radius 3 is 1.76 bits per heavy atom. The molecule has 0 unspecified atom stereocenters. The van der Waals surface area contributed by atoms with Crippen molar-refractivity contribution in [1.82, 2.24) is 0 Å². The highest BCUT2D eigenvalue weighted by Crippen LogP contribution is 2.59. The number of anilines is 1. The van der Waals surface area contributed by atoms with Crippen molar-refractivity contribution in [2.24, 2.45) is 23.7 Å². The van der Waals surface area contributed by atoms with Crippen LogP contribution in [0.1, 0.15) is 22.3 Å². The number of hydrogen-bond acceptors (Lipinski definition) is 4. The number of carbonyl (C=O) groups is 2. The minimum Gasteiger partial charge on any atom is -0.274 e. The fraction of sp³-hybridized carbons (Fsp3) is 0.200. The minimum atomic E-state index is -0.612. The summed E-state index contributed by atoms with van der Waals surface area (Å²) in [5.41, 5.74) is 6.40. The van der Waals surface area contributed by atoms with Crippen molar-refractivity contribution in [1.29, 1.82) is 0 Å². The van der Waals surface area contributed by atoms with E-state index < -0.39 is 16.8 Å². The quantitative estimate of drug-likeness (QED) is 0.179. The summed E-state index contributed by atoms with van der Waals surface area (Å²) in [4.78, 5) is 39.4. The molecule has 3 aliphatic rings. The highest BCUT2D eigenvalue weighted by atomic mass is 35.5. The zero-order valence-electron chi connectivity index (χ0n) is 20.2. The van der Waals surface area contributed by atoms with Gasteiger partial charge in [0.15, 0.2) is 0 Å². The molecule has 2 aliphatic carbocycles. The molecule has 4 atom stereocenters. The van der Waals surface area contributed by atoms with Crippen LogP contribution in [0.3, 0.4) is 0 Å². The molecule has 1 heterocycles. The van der Waals surface area contributed by atoms with Gasteiger partial charge in [0.1, 0.15) is 5.02 Å². The summed E-state index contributed by atoms with van der Waals surface area (Å²) in [5.74, 6) is -2.19. The Kier molecular flexibility index (Phi) is 5.39. The van der Waals surface area contributed by atoms with Gasteiger partial charge < -0.3 is 0 Å². The van der Waals surface area contributed by atoms with E-state index >= 15 is 0 Å². The predicted octanol–water partition coefficient (Wildman–Crippen LogP) is 6.29. The van der Waals surface area contributed by atoms with E-state index in [0.29, 0.717) is 0 Å². The Bertz CT molecular complexity index is 1460. The van der Waals surface area contributed by atoms with Gasteiger partial charge in [-0.2, -0.15) is 0 Å². The average molecular weight is 511 g/mol. The van der Waals surface area contributed by atoms with E-state index in [2.05, 4.69) is 48.5 Å². The van der Waals surface area contributed by atoms with Gasteiger partial charge in [0.2, 0.25) is 11.8 Å². The molecule has 37 heavy (non-hydrogen) atoms. The molecule has 3 aromatic carbocycles. The molecule has 0 spiro atoms. The Labute approximate surface area is 219 Å². The molecule has 1 saturated heterocycles. The van der Waals surface area contributed by atoms with Gasteiger partial charge in [-0.3, -0.25) is 19.7 Å². The third kappa shape index (κ3) is 3.55. The van der Waals surface area contributed by atoms with Gasteiger partial charge in [0.05, 0.1) is 22.4 Å². The first-order valence-electron chi connectivity index (χ1n) is 12.1. The molecule has 0 N–H and O–H groups in total. The number of nitrogens with zero attached hydrogens (tertiary/aromatic N) is 2. The van der Waals surface area contributed by atoms with Crippen LogP contribution in [-0.4, -0.2) is 16.7 Å². The van der Waals surface area contributed by atoms with Crippen LogP contribution < -0.4 is 4.90 Å². The van der Waals surface area contributed by atoms with E-state index in [9.17, 15) is 19.7 Å². The number of imide groups is 1. The van der Waals surface area contributed by atoms with Crippen LogP contribution >= 0.6 is 11.6 Å². The summed E-state index contributed by atoms with van der Waals surface area (Å²) in [6.45, 7) is 4.08. The summed E-state index contributed by atoms with van der Waals surface area (Å²) < 4.78 is 0. The summed E-state index contributed by atoms with van der Waals surface area (Å²) in [5, 5.41) is 11.4. The molecule has 2 fully saturated rings. The smallest absolute Gasteiger partial charge is 0.274 e. The second kappa shape index (κ2) is 8.53. The van der Waals surface area contributed by atoms with Crippen LogP contribution in [0.2, 0.25) is 5.02 Å². The van der Waals surface area contributed by atoms with Crippen molar-refractivity contribution in [3.63, 3.8) is 0 Å². The first kappa shape index (κ1) is 23.4. The van der Waals surface area contributed by atoms with Crippen molar-refractivity contribution < 1.29 is 14.5 Å². The number of allylic oxidation sites excluding steroid dienone is 3. The van der Waals surface area contributed by atoms with E-state index in [1.165, 1.54) is 18.2 Å². The summed E-state index contributed by atoms with van der Waals surface area (Å²) in [6, 6.07) is 20.7. The van der Waals surface area contributed by atoms with E-state index in [1.807, 2.05) is 26.0 Å². The maximum absolute atomic E-state index is 13.7. The van der Waals surface area contributed by atoms with Crippen LogP contribution in [0, 0.1) is 47.6 Å². The largest absolute Gasteiger partial charge is 0.289 e. The molecule has 6 rings (SSSR count). The third-order valence-electron chi connectivity index (χ3n) is 7.77. The van der Waals surface area contributed by atoms with Crippen LogP contribution in [0.25, 0.3) is 5.57 Å². The molecule has 1 aliphatic heterocycles. The molecule has 7 heteroatoms. The van der Waals surface area contributed by atoms with Crippen molar-refractivity contribution in [2.75, 3.05) is 4.90 Å². The maximum atomic E-state index is 13.7. The van der Waals surface area contributed by atoms with Gasteiger partial charge in [-0.05, 0) is 48.3 Å². The zero-order valence-corrected chi connectivity index (χ0v) is 21.0. The number of benzene rings is 3. The lowest BCUT2D eigenvalue weighted by Crippen LogP contribution is -2.33. The Morgan fingerprint density at radius 1 is 0.811 bits per heavy atom. The number of amides is 2. The molecular weight excluding hydrogens is 488 g/mol. The molecule has 1 saturated carbocycles. The van der Waals surface area contributed by atoms with Crippen LogP contribution in [0.4, 0.5) is 11.4 Å². The fourth-order valence-corrected chi connectivity index (χ4v) is 6.26. The maximum Gasteiger partial charge on any atom is 0.289 e. The molecule has 2 amide bonds. The molecular formula is C30H23ClN2O4. The topological polar surface area (TPSA) is 80.5 Å². The fourth-order valence-electron chi connectivity index (χ4n) is 6.07. The normalized spacial score (nSPS) is 23.6. The second-order valence-corrected chi connectivity index (χ2v) is 10.4. The van der Waals surface area contributed by atoms with Crippen molar-refractivity contribution >= 4 is 40.4 Å². The van der Waals surface area contributed by atoms with Crippen molar-refractivity contribution in [2.45, 2.75) is 13.8 Å².